The number of amides is 1. The maximum atomic E-state index is 12.4. The van der Waals surface area contributed by atoms with Gasteiger partial charge in [0.25, 0.3) is 5.91 Å². The van der Waals surface area contributed by atoms with Gasteiger partial charge < -0.3 is 15.2 Å². The van der Waals surface area contributed by atoms with Crippen molar-refractivity contribution in [3.8, 4) is 5.75 Å². The van der Waals surface area contributed by atoms with Crippen LogP contribution in [0.1, 0.15) is 33.1 Å². The molecule has 8 nitrogen and oxygen atoms in total. The van der Waals surface area contributed by atoms with Crippen molar-refractivity contribution in [3.63, 3.8) is 0 Å². The van der Waals surface area contributed by atoms with Crippen LogP contribution in [0, 0.1) is 0 Å². The molecule has 24 heavy (non-hydrogen) atoms. The second kappa shape index (κ2) is 7.18. The molecule has 132 valence electrons. The number of ether oxygens (including phenoxy) is 1. The van der Waals surface area contributed by atoms with Gasteiger partial charge in [-0.3, -0.25) is 9.59 Å². The molecule has 2 atom stereocenters. The van der Waals surface area contributed by atoms with Crippen molar-refractivity contribution in [1.29, 1.82) is 0 Å². The number of anilines is 1. The van der Waals surface area contributed by atoms with E-state index in [0.717, 1.165) is 6.42 Å². The fourth-order valence-corrected chi connectivity index (χ4v) is 3.50. The Labute approximate surface area is 140 Å². The van der Waals surface area contributed by atoms with E-state index in [-0.39, 0.29) is 22.9 Å². The van der Waals surface area contributed by atoms with Crippen LogP contribution < -0.4 is 14.8 Å². The largest absolute Gasteiger partial charge is 0.480 e. The molecule has 1 aliphatic rings. The molecule has 1 heterocycles. The number of carbonyl (C=O) groups excluding carboxylic acids is 1. The second-order valence-electron chi connectivity index (χ2n) is 5.56. The fourth-order valence-electron chi connectivity index (χ4n) is 2.25. The predicted octanol–water partition coefficient (Wildman–Crippen LogP) is 1.33. The number of hydrogen-bond acceptors (Lipinski definition) is 5. The molecule has 2 rings (SSSR count). The third-order valence-corrected chi connectivity index (χ3v) is 5.10. The summed E-state index contributed by atoms with van der Waals surface area (Å²) in [6, 6.07) is 2.79. The molecule has 0 radical (unpaired) electrons. The van der Waals surface area contributed by atoms with Crippen LogP contribution in [0.15, 0.2) is 23.1 Å². The quantitative estimate of drug-likeness (QED) is 0.677. The minimum Gasteiger partial charge on any atom is -0.480 e. The van der Waals surface area contributed by atoms with Gasteiger partial charge in [-0.15, -0.1) is 0 Å². The Bertz CT molecular complexity index is 746. The van der Waals surface area contributed by atoms with E-state index in [2.05, 4.69) is 10.0 Å². The average Bonchev–Trinajstić information content (AvgIpc) is 2.51. The van der Waals surface area contributed by atoms with Gasteiger partial charge in [-0.1, -0.05) is 19.8 Å². The van der Waals surface area contributed by atoms with Crippen LogP contribution in [0.4, 0.5) is 5.69 Å². The van der Waals surface area contributed by atoms with Crippen LogP contribution in [0.25, 0.3) is 0 Å². The summed E-state index contributed by atoms with van der Waals surface area (Å²) in [5.74, 6) is -1.24. The summed E-state index contributed by atoms with van der Waals surface area (Å²) in [5, 5.41) is 11.7. The first-order valence-corrected chi connectivity index (χ1v) is 9.09. The van der Waals surface area contributed by atoms with Crippen LogP contribution in [0.3, 0.4) is 0 Å². The van der Waals surface area contributed by atoms with Crippen molar-refractivity contribution >= 4 is 27.6 Å². The molecule has 0 unspecified atom stereocenters. The molecular weight excluding hydrogens is 336 g/mol. The molecule has 0 aromatic heterocycles. The first-order valence-electron chi connectivity index (χ1n) is 7.61. The highest BCUT2D eigenvalue weighted by atomic mass is 32.2. The number of carbonyl (C=O) groups is 2. The van der Waals surface area contributed by atoms with Crippen molar-refractivity contribution in [3.05, 3.63) is 18.2 Å². The van der Waals surface area contributed by atoms with Crippen molar-refractivity contribution in [1.82, 2.24) is 4.72 Å². The van der Waals surface area contributed by atoms with E-state index in [9.17, 15) is 18.0 Å². The molecule has 3 N–H and O–H groups in total. The summed E-state index contributed by atoms with van der Waals surface area (Å²) in [4.78, 5) is 22.7. The van der Waals surface area contributed by atoms with Crippen LogP contribution >= 0.6 is 0 Å². The van der Waals surface area contributed by atoms with Crippen molar-refractivity contribution < 1.29 is 27.9 Å². The number of carboxylic acids is 1. The summed E-state index contributed by atoms with van der Waals surface area (Å²) in [5.41, 5.74) is 0.237. The zero-order valence-corrected chi connectivity index (χ0v) is 14.2. The summed E-state index contributed by atoms with van der Waals surface area (Å²) in [7, 11) is -4.04. The Hall–Kier alpha value is -2.13. The van der Waals surface area contributed by atoms with Crippen molar-refractivity contribution in [2.45, 2.75) is 50.2 Å². The number of carboxylic acid groups (broad SMARTS) is 1. The molecule has 0 spiro atoms. The standard InChI is InChI=1S/C15H20N2O6S/c1-3-4-5-11(15(19)20)17-24(21,22)10-6-7-13-12(8-10)16-14(18)9(2)23-13/h6-9,11,17H,3-5H2,1-2H3,(H,16,18)(H,19,20)/t9-,11-/m0/s1. The van der Waals surface area contributed by atoms with Gasteiger partial charge in [0.1, 0.15) is 11.8 Å². The Morgan fingerprint density at radius 1 is 1.46 bits per heavy atom. The fraction of sp³-hybridized carbons (Fsp3) is 0.467. The van der Waals surface area contributed by atoms with E-state index in [1.54, 1.807) is 6.92 Å². The Kier molecular flexibility index (Phi) is 5.45. The molecule has 1 aromatic rings. The lowest BCUT2D eigenvalue weighted by molar-refractivity contribution is -0.139. The van der Waals surface area contributed by atoms with Gasteiger partial charge in [-0.05, 0) is 31.5 Å². The molecule has 1 aromatic carbocycles. The monoisotopic (exact) mass is 356 g/mol. The van der Waals surface area contributed by atoms with Crippen molar-refractivity contribution in [2.24, 2.45) is 0 Å². The third-order valence-electron chi connectivity index (χ3n) is 3.63. The second-order valence-corrected chi connectivity index (χ2v) is 7.28. The minimum absolute atomic E-state index is 0.137. The van der Waals surface area contributed by atoms with Crippen LogP contribution in [0.2, 0.25) is 0 Å². The Morgan fingerprint density at radius 3 is 2.79 bits per heavy atom. The molecule has 1 aliphatic heterocycles. The highest BCUT2D eigenvalue weighted by Crippen LogP contribution is 2.31. The van der Waals surface area contributed by atoms with E-state index >= 15 is 0 Å². The van der Waals surface area contributed by atoms with Gasteiger partial charge >= 0.3 is 5.97 Å². The lowest BCUT2D eigenvalue weighted by atomic mass is 10.1. The van der Waals surface area contributed by atoms with Crippen LogP contribution in [-0.4, -0.2) is 37.5 Å². The number of aliphatic carboxylic acids is 1. The summed E-state index contributed by atoms with van der Waals surface area (Å²) in [6.45, 7) is 3.47. The SMILES string of the molecule is CCCC[C@H](NS(=O)(=O)c1ccc2c(c1)NC(=O)[C@H](C)O2)C(=O)O. The van der Waals surface area contributed by atoms with Gasteiger partial charge in [0.2, 0.25) is 10.0 Å². The van der Waals surface area contributed by atoms with Gasteiger partial charge in [0, 0.05) is 0 Å². The molecule has 0 fully saturated rings. The van der Waals surface area contributed by atoms with E-state index in [4.69, 9.17) is 9.84 Å². The maximum absolute atomic E-state index is 12.4. The number of unbranched alkanes of at least 4 members (excludes halogenated alkanes) is 1. The minimum atomic E-state index is -4.04. The number of fused-ring (bicyclic) bond motifs is 1. The zero-order chi connectivity index (χ0) is 17.9. The smallest absolute Gasteiger partial charge is 0.321 e. The number of sulfonamides is 1. The Morgan fingerprint density at radius 2 is 2.17 bits per heavy atom. The number of nitrogens with one attached hydrogen (secondary N) is 2. The lowest BCUT2D eigenvalue weighted by Crippen LogP contribution is -2.40. The predicted molar refractivity (Wildman–Crippen MR) is 86.4 cm³/mol. The first-order chi connectivity index (χ1) is 11.2. The van der Waals surface area contributed by atoms with E-state index in [0.29, 0.717) is 12.2 Å². The molecule has 0 bridgehead atoms. The molecule has 0 saturated heterocycles. The maximum Gasteiger partial charge on any atom is 0.321 e. The third kappa shape index (κ3) is 4.04. The summed E-state index contributed by atoms with van der Waals surface area (Å²) in [6.07, 6.45) is 0.883. The van der Waals surface area contributed by atoms with Gasteiger partial charge in [-0.2, -0.15) is 4.72 Å². The van der Waals surface area contributed by atoms with E-state index in [1.807, 2.05) is 6.92 Å². The van der Waals surface area contributed by atoms with Crippen molar-refractivity contribution in [2.75, 3.05) is 5.32 Å². The van der Waals surface area contributed by atoms with E-state index < -0.39 is 28.1 Å². The summed E-state index contributed by atoms with van der Waals surface area (Å²) >= 11 is 0. The lowest BCUT2D eigenvalue weighted by Gasteiger charge is -2.24. The molecule has 9 heteroatoms. The number of benzene rings is 1. The van der Waals surface area contributed by atoms with Crippen LogP contribution in [0.5, 0.6) is 5.75 Å². The first kappa shape index (κ1) is 18.2. The molecule has 0 saturated carbocycles. The van der Waals surface area contributed by atoms with E-state index in [1.165, 1.54) is 18.2 Å². The zero-order valence-electron chi connectivity index (χ0n) is 13.4. The highest BCUT2D eigenvalue weighted by Gasteiger charge is 2.28. The number of rotatable bonds is 7. The topological polar surface area (TPSA) is 122 Å². The molecule has 0 aliphatic carbocycles. The summed E-state index contributed by atoms with van der Waals surface area (Å²) < 4.78 is 32.4. The average molecular weight is 356 g/mol. The Balaban J connectivity index is 2.25. The van der Waals surface area contributed by atoms with Gasteiger partial charge in [0.05, 0.1) is 10.6 Å². The normalized spacial score (nSPS) is 18.2. The highest BCUT2D eigenvalue weighted by molar-refractivity contribution is 7.89. The molecule has 1 amide bonds. The number of hydrogen-bond donors (Lipinski definition) is 3. The van der Waals surface area contributed by atoms with Gasteiger partial charge in [0.15, 0.2) is 6.10 Å². The van der Waals surface area contributed by atoms with Gasteiger partial charge in [-0.25, -0.2) is 8.42 Å². The van der Waals surface area contributed by atoms with Crippen LogP contribution in [-0.2, 0) is 19.6 Å². The molecular formula is C15H20N2O6S.